The Morgan fingerprint density at radius 1 is 1.46 bits per heavy atom. The number of rotatable bonds is 7. The van der Waals surface area contributed by atoms with Crippen molar-refractivity contribution in [1.29, 1.82) is 10.8 Å². The molecule has 0 amide bonds. The van der Waals surface area contributed by atoms with Gasteiger partial charge in [-0.2, -0.15) is 0 Å². The second-order valence-corrected chi connectivity index (χ2v) is 3.49. The fourth-order valence-corrected chi connectivity index (χ4v) is 1.07. The van der Waals surface area contributed by atoms with Crippen molar-refractivity contribution in [3.63, 3.8) is 0 Å². The molecule has 0 radical (unpaired) electrons. The summed E-state index contributed by atoms with van der Waals surface area (Å²) >= 11 is 0. The predicted octanol–water partition coefficient (Wildman–Crippen LogP) is 2.50. The van der Waals surface area contributed by atoms with Crippen molar-refractivity contribution in [3.05, 3.63) is 0 Å². The lowest BCUT2D eigenvalue weighted by molar-refractivity contribution is 0.168. The highest BCUT2D eigenvalue weighted by atomic mass is 16.5. The van der Waals surface area contributed by atoms with Crippen LogP contribution in [0.25, 0.3) is 0 Å². The van der Waals surface area contributed by atoms with Crippen molar-refractivity contribution < 1.29 is 4.74 Å². The first-order valence-corrected chi connectivity index (χ1v) is 4.70. The van der Waals surface area contributed by atoms with Crippen molar-refractivity contribution >= 4 is 11.9 Å². The second kappa shape index (κ2) is 6.78. The van der Waals surface area contributed by atoms with Gasteiger partial charge in [0, 0.05) is 12.8 Å². The van der Waals surface area contributed by atoms with Gasteiger partial charge in [-0.15, -0.1) is 0 Å². The first-order chi connectivity index (χ1) is 6.11. The predicted molar refractivity (Wildman–Crippen MR) is 56.0 cm³/mol. The molecular formula is C10H20N2O. The zero-order valence-corrected chi connectivity index (χ0v) is 8.76. The summed E-state index contributed by atoms with van der Waals surface area (Å²) in [5.41, 5.74) is 0.652. The molecule has 0 aromatic heterocycles. The summed E-state index contributed by atoms with van der Waals surface area (Å²) in [6.07, 6.45) is 3.95. The van der Waals surface area contributed by atoms with Crippen LogP contribution in [0.4, 0.5) is 0 Å². The van der Waals surface area contributed by atoms with Crippen LogP contribution in [0.3, 0.4) is 0 Å². The third-order valence-electron chi connectivity index (χ3n) is 2.27. The Balaban J connectivity index is 3.62. The van der Waals surface area contributed by atoms with Gasteiger partial charge in [0.25, 0.3) is 0 Å². The van der Waals surface area contributed by atoms with Gasteiger partial charge < -0.3 is 15.6 Å². The SMILES string of the molecule is COC(C)C(=N)CCC(C)CC=N. The van der Waals surface area contributed by atoms with Crippen LogP contribution in [0.15, 0.2) is 0 Å². The highest BCUT2D eigenvalue weighted by Crippen LogP contribution is 2.10. The Morgan fingerprint density at radius 2 is 2.08 bits per heavy atom. The quantitative estimate of drug-likeness (QED) is 0.587. The van der Waals surface area contributed by atoms with Gasteiger partial charge in [0.15, 0.2) is 0 Å². The van der Waals surface area contributed by atoms with Gasteiger partial charge in [0.1, 0.15) is 0 Å². The molecule has 0 heterocycles. The minimum atomic E-state index is -0.0628. The van der Waals surface area contributed by atoms with E-state index in [4.69, 9.17) is 15.6 Å². The maximum Gasteiger partial charge on any atom is 0.0916 e. The standard InChI is InChI=1S/C10H20N2O/c1-8(6-7-11)4-5-10(12)9(2)13-3/h7-9,11-12H,4-6H2,1-3H3. The number of nitrogens with one attached hydrogen (secondary N) is 2. The topological polar surface area (TPSA) is 56.9 Å². The molecular weight excluding hydrogens is 164 g/mol. The van der Waals surface area contributed by atoms with Crippen LogP contribution in [0, 0.1) is 16.7 Å². The van der Waals surface area contributed by atoms with Gasteiger partial charge in [-0.25, -0.2) is 0 Å². The van der Waals surface area contributed by atoms with Crippen molar-refractivity contribution in [3.8, 4) is 0 Å². The fraction of sp³-hybridized carbons (Fsp3) is 0.800. The molecule has 0 bridgehead atoms. The van der Waals surface area contributed by atoms with Crippen LogP contribution >= 0.6 is 0 Å². The van der Waals surface area contributed by atoms with E-state index in [1.807, 2.05) is 6.92 Å². The van der Waals surface area contributed by atoms with Crippen molar-refractivity contribution in [2.45, 2.75) is 39.2 Å². The van der Waals surface area contributed by atoms with Crippen LogP contribution < -0.4 is 0 Å². The molecule has 2 unspecified atom stereocenters. The first kappa shape index (κ1) is 12.3. The summed E-state index contributed by atoms with van der Waals surface area (Å²) in [6.45, 7) is 4.00. The maximum absolute atomic E-state index is 7.64. The van der Waals surface area contributed by atoms with Gasteiger partial charge >= 0.3 is 0 Å². The van der Waals surface area contributed by atoms with Crippen molar-refractivity contribution in [2.24, 2.45) is 5.92 Å². The Morgan fingerprint density at radius 3 is 2.54 bits per heavy atom. The minimum absolute atomic E-state index is 0.0628. The molecule has 0 fully saturated rings. The molecule has 13 heavy (non-hydrogen) atoms. The number of ether oxygens (including phenoxy) is 1. The van der Waals surface area contributed by atoms with Crippen LogP contribution in [0.2, 0.25) is 0 Å². The summed E-state index contributed by atoms with van der Waals surface area (Å²) in [7, 11) is 1.63. The average Bonchev–Trinajstić information content (AvgIpc) is 2.13. The lowest BCUT2D eigenvalue weighted by Gasteiger charge is -2.13. The summed E-state index contributed by atoms with van der Waals surface area (Å²) < 4.78 is 5.03. The fourth-order valence-electron chi connectivity index (χ4n) is 1.07. The molecule has 0 spiro atoms. The molecule has 0 aliphatic rings. The molecule has 0 aromatic rings. The molecule has 3 nitrogen and oxygen atoms in total. The van der Waals surface area contributed by atoms with E-state index in [1.165, 1.54) is 6.21 Å². The summed E-state index contributed by atoms with van der Waals surface area (Å²) in [6, 6.07) is 0. The molecule has 2 atom stereocenters. The Kier molecular flexibility index (Phi) is 6.41. The molecule has 3 heteroatoms. The molecule has 0 aliphatic carbocycles. The van der Waals surface area contributed by atoms with Crippen LogP contribution in [-0.4, -0.2) is 25.1 Å². The Labute approximate surface area is 80.5 Å². The Hall–Kier alpha value is -0.700. The zero-order chi connectivity index (χ0) is 10.3. The molecule has 0 aliphatic heterocycles. The average molecular weight is 184 g/mol. The summed E-state index contributed by atoms with van der Waals surface area (Å²) in [5.74, 6) is 0.502. The van der Waals surface area contributed by atoms with E-state index in [-0.39, 0.29) is 6.10 Å². The smallest absolute Gasteiger partial charge is 0.0916 e. The van der Waals surface area contributed by atoms with E-state index in [0.717, 1.165) is 19.3 Å². The molecule has 2 N–H and O–H groups in total. The van der Waals surface area contributed by atoms with Crippen molar-refractivity contribution in [1.82, 2.24) is 0 Å². The number of methoxy groups -OCH3 is 1. The molecule has 0 saturated heterocycles. The normalized spacial score (nSPS) is 15.0. The summed E-state index contributed by atoms with van der Waals surface area (Å²) in [4.78, 5) is 0. The first-order valence-electron chi connectivity index (χ1n) is 4.70. The van der Waals surface area contributed by atoms with E-state index in [0.29, 0.717) is 11.6 Å². The van der Waals surface area contributed by atoms with Gasteiger partial charge in [0.2, 0.25) is 0 Å². The van der Waals surface area contributed by atoms with Gasteiger partial charge in [0.05, 0.1) is 6.10 Å². The second-order valence-electron chi connectivity index (χ2n) is 3.49. The zero-order valence-electron chi connectivity index (χ0n) is 8.76. The van der Waals surface area contributed by atoms with E-state index in [2.05, 4.69) is 6.92 Å². The maximum atomic E-state index is 7.64. The number of hydrogen-bond donors (Lipinski definition) is 2. The Bertz CT molecular complexity index is 168. The van der Waals surface area contributed by atoms with Gasteiger partial charge in [-0.05, 0) is 38.3 Å². The van der Waals surface area contributed by atoms with Crippen LogP contribution in [0.5, 0.6) is 0 Å². The third kappa shape index (κ3) is 5.53. The lowest BCUT2D eigenvalue weighted by Crippen LogP contribution is -2.18. The molecule has 0 saturated carbocycles. The summed E-state index contributed by atoms with van der Waals surface area (Å²) in [5, 5.41) is 14.6. The van der Waals surface area contributed by atoms with Gasteiger partial charge in [-0.3, -0.25) is 0 Å². The van der Waals surface area contributed by atoms with Gasteiger partial charge in [-0.1, -0.05) is 6.92 Å². The molecule has 0 rings (SSSR count). The molecule has 0 aromatic carbocycles. The van der Waals surface area contributed by atoms with Crippen molar-refractivity contribution in [2.75, 3.05) is 7.11 Å². The van der Waals surface area contributed by atoms with E-state index in [1.54, 1.807) is 7.11 Å². The van der Waals surface area contributed by atoms with E-state index in [9.17, 15) is 0 Å². The van der Waals surface area contributed by atoms with Crippen LogP contribution in [0.1, 0.15) is 33.1 Å². The van der Waals surface area contributed by atoms with Crippen LogP contribution in [-0.2, 0) is 4.74 Å². The number of hydrogen-bond acceptors (Lipinski definition) is 3. The molecule has 76 valence electrons. The van der Waals surface area contributed by atoms with E-state index < -0.39 is 0 Å². The highest BCUT2D eigenvalue weighted by Gasteiger charge is 2.08. The minimum Gasteiger partial charge on any atom is -0.376 e. The lowest BCUT2D eigenvalue weighted by atomic mass is 9.99. The monoisotopic (exact) mass is 184 g/mol. The third-order valence-corrected chi connectivity index (χ3v) is 2.27. The largest absolute Gasteiger partial charge is 0.376 e. The van der Waals surface area contributed by atoms with E-state index >= 15 is 0 Å². The highest BCUT2D eigenvalue weighted by molar-refractivity contribution is 5.85.